The first-order chi connectivity index (χ1) is 12.5. The Morgan fingerprint density at radius 2 is 2.04 bits per heavy atom. The molecule has 1 aromatic rings. The van der Waals surface area contributed by atoms with Crippen LogP contribution in [0.25, 0.3) is 0 Å². The molecule has 0 aromatic heterocycles. The minimum Gasteiger partial charge on any atom is -0.396 e. The van der Waals surface area contributed by atoms with E-state index in [9.17, 15) is 10.2 Å². The molecule has 2 N–H and O–H groups in total. The maximum Gasteiger partial charge on any atom is 0.161 e. The normalized spacial score (nSPS) is 29.6. The summed E-state index contributed by atoms with van der Waals surface area (Å²) in [5.74, 6) is 0. The molecule has 0 saturated carbocycles. The first-order valence-corrected chi connectivity index (χ1v) is 9.36. The summed E-state index contributed by atoms with van der Waals surface area (Å²) in [4.78, 5) is 5.27. The second-order valence-electron chi connectivity index (χ2n) is 6.80. The van der Waals surface area contributed by atoms with Crippen LogP contribution in [0.5, 0.6) is 0 Å². The minimum absolute atomic E-state index is 0.163. The molecule has 0 radical (unpaired) electrons. The maximum atomic E-state index is 10.9. The van der Waals surface area contributed by atoms with Gasteiger partial charge in [-0.2, -0.15) is 0 Å². The molecule has 1 heterocycles. The van der Waals surface area contributed by atoms with E-state index in [2.05, 4.69) is 12.1 Å². The first-order valence-electron chi connectivity index (χ1n) is 9.36. The van der Waals surface area contributed by atoms with Crippen molar-refractivity contribution in [3.05, 3.63) is 35.9 Å². The number of oxime groups is 1. The molecule has 0 spiro atoms. The third-order valence-corrected chi connectivity index (χ3v) is 4.80. The van der Waals surface area contributed by atoms with Crippen molar-refractivity contribution in [3.8, 4) is 0 Å². The summed E-state index contributed by atoms with van der Waals surface area (Å²) in [5.41, 5.74) is -0.245. The zero-order valence-corrected chi connectivity index (χ0v) is 15.9. The molecular weight excluding hydrogens is 334 g/mol. The number of unbranched alkanes of at least 4 members (excludes halogenated alkanes) is 2. The molecule has 1 aliphatic heterocycles. The van der Waals surface area contributed by atoms with Crippen LogP contribution < -0.4 is 0 Å². The van der Waals surface area contributed by atoms with Gasteiger partial charge >= 0.3 is 0 Å². The van der Waals surface area contributed by atoms with Crippen molar-refractivity contribution in [1.29, 1.82) is 0 Å². The molecule has 1 aliphatic rings. The summed E-state index contributed by atoms with van der Waals surface area (Å²) in [6, 6.07) is 9.75. The molecule has 0 bridgehead atoms. The Kier molecular flexibility index (Phi) is 8.03. The van der Waals surface area contributed by atoms with E-state index in [1.165, 1.54) is 0 Å². The van der Waals surface area contributed by atoms with Crippen molar-refractivity contribution in [3.63, 3.8) is 0 Å². The molecule has 0 aliphatic carbocycles. The van der Waals surface area contributed by atoms with E-state index < -0.39 is 24.1 Å². The van der Waals surface area contributed by atoms with E-state index in [1.54, 1.807) is 13.8 Å². The van der Waals surface area contributed by atoms with Crippen molar-refractivity contribution in [1.82, 2.24) is 0 Å². The standard InChI is InChI=1S/C20H31NO5/c1-4-5-9-12-25-21-15(2)20(23)16(3)26-19(13-18(20)22)24-14-17-10-7-6-8-11-17/h6-8,10-11,16,18-19,22-23H,4-5,9,12-14H2,1-3H3. The molecule has 146 valence electrons. The second-order valence-corrected chi connectivity index (χ2v) is 6.80. The van der Waals surface area contributed by atoms with Crippen LogP contribution in [0, 0.1) is 0 Å². The van der Waals surface area contributed by atoms with Gasteiger partial charge in [0.2, 0.25) is 0 Å². The van der Waals surface area contributed by atoms with Crippen molar-refractivity contribution in [2.75, 3.05) is 6.61 Å². The Morgan fingerprint density at radius 1 is 1.31 bits per heavy atom. The Bertz CT molecular complexity index is 551. The van der Waals surface area contributed by atoms with Gasteiger partial charge in [-0.3, -0.25) is 0 Å². The van der Waals surface area contributed by atoms with Gasteiger partial charge in [0.05, 0.1) is 24.5 Å². The van der Waals surface area contributed by atoms with E-state index >= 15 is 0 Å². The zero-order chi connectivity index (χ0) is 19.0. The largest absolute Gasteiger partial charge is 0.396 e. The molecule has 4 atom stereocenters. The third-order valence-electron chi connectivity index (χ3n) is 4.80. The molecular formula is C20H31NO5. The van der Waals surface area contributed by atoms with Crippen LogP contribution in [0.1, 0.15) is 52.0 Å². The van der Waals surface area contributed by atoms with Gasteiger partial charge in [0, 0.05) is 6.42 Å². The van der Waals surface area contributed by atoms with E-state index in [1.807, 2.05) is 30.3 Å². The van der Waals surface area contributed by atoms with Gasteiger partial charge < -0.3 is 24.5 Å². The number of hydrogen-bond acceptors (Lipinski definition) is 6. The summed E-state index contributed by atoms with van der Waals surface area (Å²) >= 11 is 0. The highest BCUT2D eigenvalue weighted by molar-refractivity contribution is 5.91. The number of benzene rings is 1. The average Bonchev–Trinajstić information content (AvgIpc) is 2.64. The summed E-state index contributed by atoms with van der Waals surface area (Å²) in [6.07, 6.45) is 0.945. The van der Waals surface area contributed by atoms with Crippen molar-refractivity contribution in [2.24, 2.45) is 5.16 Å². The Labute approximate surface area is 155 Å². The number of rotatable bonds is 9. The maximum absolute atomic E-state index is 10.9. The van der Waals surface area contributed by atoms with Crippen LogP contribution in [0.3, 0.4) is 0 Å². The molecule has 1 saturated heterocycles. The highest BCUT2D eigenvalue weighted by atomic mass is 16.7. The fourth-order valence-electron chi connectivity index (χ4n) is 3.06. The Balaban J connectivity index is 1.90. The summed E-state index contributed by atoms with van der Waals surface area (Å²) < 4.78 is 11.5. The molecule has 1 fully saturated rings. The molecule has 0 amide bonds. The molecule has 26 heavy (non-hydrogen) atoms. The van der Waals surface area contributed by atoms with Gasteiger partial charge in [-0.1, -0.05) is 55.3 Å². The van der Waals surface area contributed by atoms with Gasteiger partial charge in [-0.25, -0.2) is 0 Å². The van der Waals surface area contributed by atoms with Crippen molar-refractivity contribution >= 4 is 5.71 Å². The number of hydrogen-bond donors (Lipinski definition) is 2. The van der Waals surface area contributed by atoms with Crippen LogP contribution >= 0.6 is 0 Å². The highest BCUT2D eigenvalue weighted by Crippen LogP contribution is 2.32. The number of nitrogens with zero attached hydrogens (tertiary/aromatic N) is 1. The lowest BCUT2D eigenvalue weighted by atomic mass is 9.83. The number of ether oxygens (including phenoxy) is 2. The van der Waals surface area contributed by atoms with E-state index in [-0.39, 0.29) is 6.42 Å². The lowest BCUT2D eigenvalue weighted by Crippen LogP contribution is -2.62. The summed E-state index contributed by atoms with van der Waals surface area (Å²) in [5, 5.41) is 25.5. The predicted molar refractivity (Wildman–Crippen MR) is 99.7 cm³/mol. The van der Waals surface area contributed by atoms with Crippen molar-refractivity contribution < 1.29 is 24.5 Å². The van der Waals surface area contributed by atoms with Crippen LogP contribution in [-0.4, -0.2) is 46.6 Å². The fourth-order valence-corrected chi connectivity index (χ4v) is 3.06. The van der Waals surface area contributed by atoms with Gasteiger partial charge in [0.25, 0.3) is 0 Å². The smallest absolute Gasteiger partial charge is 0.161 e. The minimum atomic E-state index is -1.59. The molecule has 2 rings (SSSR count). The molecule has 6 nitrogen and oxygen atoms in total. The number of aliphatic hydroxyl groups excluding tert-OH is 1. The molecule has 1 aromatic carbocycles. The lowest BCUT2D eigenvalue weighted by molar-refractivity contribution is -0.266. The van der Waals surface area contributed by atoms with Gasteiger partial charge in [0.1, 0.15) is 6.61 Å². The lowest BCUT2D eigenvalue weighted by Gasteiger charge is -2.44. The van der Waals surface area contributed by atoms with Crippen LogP contribution in [0.4, 0.5) is 0 Å². The second kappa shape index (κ2) is 10.0. The average molecular weight is 365 g/mol. The zero-order valence-electron chi connectivity index (χ0n) is 15.9. The van der Waals surface area contributed by atoms with Crippen molar-refractivity contribution in [2.45, 2.75) is 77.2 Å². The van der Waals surface area contributed by atoms with E-state index in [0.29, 0.717) is 18.9 Å². The quantitative estimate of drug-likeness (QED) is 0.399. The predicted octanol–water partition coefficient (Wildman–Crippen LogP) is 3.01. The Morgan fingerprint density at radius 3 is 2.69 bits per heavy atom. The summed E-state index contributed by atoms with van der Waals surface area (Å²) in [7, 11) is 0. The van der Waals surface area contributed by atoms with Gasteiger partial charge in [-0.15, -0.1) is 0 Å². The molecule has 6 heteroatoms. The van der Waals surface area contributed by atoms with Gasteiger partial charge in [0.15, 0.2) is 11.9 Å². The SMILES string of the molecule is CCCCCON=C(C)C1(O)C(O)CC(OCc2ccccc2)OC1C. The number of aliphatic hydroxyl groups is 2. The monoisotopic (exact) mass is 365 g/mol. The third kappa shape index (κ3) is 5.27. The van der Waals surface area contributed by atoms with E-state index in [4.69, 9.17) is 14.3 Å². The van der Waals surface area contributed by atoms with E-state index in [0.717, 1.165) is 24.8 Å². The topological polar surface area (TPSA) is 80.5 Å². The fraction of sp³-hybridized carbons (Fsp3) is 0.650. The van der Waals surface area contributed by atoms with Crippen LogP contribution in [0.15, 0.2) is 35.5 Å². The molecule has 4 unspecified atom stereocenters. The van der Waals surface area contributed by atoms with Crippen LogP contribution in [0.2, 0.25) is 0 Å². The van der Waals surface area contributed by atoms with Gasteiger partial charge in [-0.05, 0) is 25.8 Å². The summed E-state index contributed by atoms with van der Waals surface area (Å²) in [6.45, 7) is 6.35. The van der Waals surface area contributed by atoms with Crippen LogP contribution in [-0.2, 0) is 20.9 Å². The first kappa shape index (κ1) is 20.8. The highest BCUT2D eigenvalue weighted by Gasteiger charge is 2.50. The Hall–Kier alpha value is -1.47.